The molecule has 0 atom stereocenters. The van der Waals surface area contributed by atoms with Crippen LogP contribution in [0.2, 0.25) is 0 Å². The lowest BCUT2D eigenvalue weighted by Gasteiger charge is -2.17. The van der Waals surface area contributed by atoms with E-state index in [0.717, 1.165) is 39.2 Å². The number of aromatic nitrogens is 3. The number of hydrogen-bond acceptors (Lipinski definition) is 5. The lowest BCUT2D eigenvalue weighted by molar-refractivity contribution is -0.125. The lowest BCUT2D eigenvalue weighted by atomic mass is 10.0. The van der Waals surface area contributed by atoms with Crippen LogP contribution in [0.5, 0.6) is 11.5 Å². The average Bonchev–Trinajstić information content (AvgIpc) is 3.23. The molecule has 162 valence electrons. The molecule has 7 nitrogen and oxygen atoms in total. The molecular formula is C25H24N4O3. The van der Waals surface area contributed by atoms with Gasteiger partial charge in [0.15, 0.2) is 0 Å². The maximum Gasteiger partial charge on any atom is 0.245 e. The fourth-order valence-electron chi connectivity index (χ4n) is 3.54. The normalized spacial score (nSPS) is 10.7. The number of amides is 1. The van der Waals surface area contributed by atoms with Crippen LogP contribution < -0.4 is 9.47 Å². The van der Waals surface area contributed by atoms with Gasteiger partial charge in [0.25, 0.3) is 0 Å². The van der Waals surface area contributed by atoms with Gasteiger partial charge < -0.3 is 19.4 Å². The minimum Gasteiger partial charge on any atom is -0.497 e. The zero-order valence-electron chi connectivity index (χ0n) is 18.0. The first kappa shape index (κ1) is 21.1. The van der Waals surface area contributed by atoms with E-state index in [4.69, 9.17) is 9.47 Å². The lowest BCUT2D eigenvalue weighted by Crippen LogP contribution is -2.29. The minimum absolute atomic E-state index is 0.151. The number of likely N-dealkylation sites (N-methyl/N-ethyl adjacent to an activating group) is 1. The monoisotopic (exact) mass is 428 g/mol. The molecule has 0 radical (unpaired) electrons. The predicted molar refractivity (Wildman–Crippen MR) is 125 cm³/mol. The maximum absolute atomic E-state index is 11.7. The van der Waals surface area contributed by atoms with Gasteiger partial charge in [-0.25, -0.2) is 0 Å². The Kier molecular flexibility index (Phi) is 6.17. The first-order valence-electron chi connectivity index (χ1n) is 10.2. The molecule has 0 aliphatic carbocycles. The quantitative estimate of drug-likeness (QED) is 0.423. The van der Waals surface area contributed by atoms with Gasteiger partial charge in [0.1, 0.15) is 18.1 Å². The van der Waals surface area contributed by atoms with Gasteiger partial charge in [0.2, 0.25) is 5.91 Å². The molecule has 0 aliphatic rings. The highest BCUT2D eigenvalue weighted by molar-refractivity contribution is 6.02. The Balaban J connectivity index is 1.76. The van der Waals surface area contributed by atoms with Crippen molar-refractivity contribution in [1.29, 1.82) is 0 Å². The molecule has 4 aromatic rings. The van der Waals surface area contributed by atoms with E-state index in [1.807, 2.05) is 42.5 Å². The summed E-state index contributed by atoms with van der Waals surface area (Å²) in [5.74, 6) is 1.23. The number of H-pyrrole nitrogens is 1. The second-order valence-electron chi connectivity index (χ2n) is 7.19. The van der Waals surface area contributed by atoms with Crippen LogP contribution in [0, 0.1) is 0 Å². The van der Waals surface area contributed by atoms with Gasteiger partial charge in [0.05, 0.1) is 36.6 Å². The average molecular weight is 428 g/mol. The molecule has 0 bridgehead atoms. The number of hydrogen-bond donors (Lipinski definition) is 1. The van der Waals surface area contributed by atoms with Crippen LogP contribution in [0.4, 0.5) is 0 Å². The number of nitrogens with one attached hydrogen (secondary N) is 1. The van der Waals surface area contributed by atoms with Gasteiger partial charge in [-0.15, -0.1) is 0 Å². The van der Waals surface area contributed by atoms with Crippen molar-refractivity contribution >= 4 is 16.9 Å². The molecule has 32 heavy (non-hydrogen) atoms. The van der Waals surface area contributed by atoms with Gasteiger partial charge in [-0.1, -0.05) is 18.7 Å². The number of ether oxygens (including phenoxy) is 2. The third-order valence-corrected chi connectivity index (χ3v) is 5.20. The zero-order chi connectivity index (χ0) is 22.5. The molecule has 0 saturated heterocycles. The summed E-state index contributed by atoms with van der Waals surface area (Å²) in [5.41, 5.74) is 5.43. The first-order chi connectivity index (χ1) is 15.6. The Morgan fingerprint density at radius 2 is 2.09 bits per heavy atom. The van der Waals surface area contributed by atoms with Crippen LogP contribution in [-0.2, 0) is 4.79 Å². The van der Waals surface area contributed by atoms with E-state index in [2.05, 4.69) is 21.5 Å². The maximum atomic E-state index is 11.7. The van der Waals surface area contributed by atoms with E-state index in [-0.39, 0.29) is 5.91 Å². The second kappa shape index (κ2) is 9.34. The highest BCUT2D eigenvalue weighted by Crippen LogP contribution is 2.41. The zero-order valence-corrected chi connectivity index (χ0v) is 18.0. The summed E-state index contributed by atoms with van der Waals surface area (Å²) in [6.07, 6.45) is 6.47. The Bertz CT molecular complexity index is 1270. The molecule has 0 fully saturated rings. The van der Waals surface area contributed by atoms with Crippen molar-refractivity contribution in [2.45, 2.75) is 0 Å². The number of pyridine rings is 2. The van der Waals surface area contributed by atoms with Crippen LogP contribution in [0.3, 0.4) is 0 Å². The summed E-state index contributed by atoms with van der Waals surface area (Å²) in [5, 5.41) is 0. The number of aromatic amines is 1. The van der Waals surface area contributed by atoms with Crippen molar-refractivity contribution < 1.29 is 14.3 Å². The van der Waals surface area contributed by atoms with Gasteiger partial charge >= 0.3 is 0 Å². The number of methoxy groups -OCH3 is 1. The van der Waals surface area contributed by atoms with Crippen LogP contribution >= 0.6 is 0 Å². The Hall–Kier alpha value is -4.13. The highest BCUT2D eigenvalue weighted by atomic mass is 16.5. The summed E-state index contributed by atoms with van der Waals surface area (Å²) in [4.78, 5) is 25.6. The van der Waals surface area contributed by atoms with Crippen molar-refractivity contribution in [2.24, 2.45) is 0 Å². The topological polar surface area (TPSA) is 80.3 Å². The molecule has 0 unspecified atom stereocenters. The van der Waals surface area contributed by atoms with Gasteiger partial charge in [-0.2, -0.15) is 0 Å². The largest absolute Gasteiger partial charge is 0.497 e. The number of carbonyl (C=O) groups is 1. The first-order valence-corrected chi connectivity index (χ1v) is 10.2. The van der Waals surface area contributed by atoms with Crippen LogP contribution in [0.1, 0.15) is 0 Å². The summed E-state index contributed by atoms with van der Waals surface area (Å²) >= 11 is 0. The van der Waals surface area contributed by atoms with Crippen LogP contribution in [-0.4, -0.2) is 53.1 Å². The summed E-state index contributed by atoms with van der Waals surface area (Å²) in [6.45, 7) is 4.26. The van der Waals surface area contributed by atoms with E-state index in [0.29, 0.717) is 18.9 Å². The SMILES string of the molecule is C=CC(=O)N(C)CCOc1cnccc1-c1[nH]c2cccnc2c1-c1cccc(OC)c1. The van der Waals surface area contributed by atoms with Gasteiger partial charge in [-0.3, -0.25) is 14.8 Å². The third kappa shape index (κ3) is 4.18. The standard InChI is InChI=1S/C25H24N4O3/c1-4-22(30)29(2)13-14-32-21-16-26-12-10-19(21)24-23(17-7-5-8-18(15-17)31-3)25-20(28-24)9-6-11-27-25/h4-12,15-16,28H,1,13-14H2,2-3H3. The molecule has 0 spiro atoms. The van der Waals surface area contributed by atoms with Crippen molar-refractivity contribution in [3.63, 3.8) is 0 Å². The molecule has 1 amide bonds. The number of nitrogens with zero attached hydrogens (tertiary/aromatic N) is 3. The van der Waals surface area contributed by atoms with Crippen LogP contribution in [0.25, 0.3) is 33.4 Å². The molecule has 3 aromatic heterocycles. The highest BCUT2D eigenvalue weighted by Gasteiger charge is 2.19. The van der Waals surface area contributed by atoms with E-state index in [1.54, 1.807) is 37.6 Å². The minimum atomic E-state index is -0.151. The molecule has 3 heterocycles. The number of rotatable bonds is 8. The Morgan fingerprint density at radius 1 is 1.22 bits per heavy atom. The van der Waals surface area contributed by atoms with Crippen molar-refractivity contribution in [3.05, 3.63) is 73.7 Å². The Labute approximate surface area is 186 Å². The molecule has 4 rings (SSSR count). The van der Waals surface area contributed by atoms with E-state index in [9.17, 15) is 4.79 Å². The van der Waals surface area contributed by atoms with Gasteiger partial charge in [-0.05, 0) is 42.0 Å². The Morgan fingerprint density at radius 3 is 2.91 bits per heavy atom. The van der Waals surface area contributed by atoms with Gasteiger partial charge in [0, 0.05) is 30.6 Å². The van der Waals surface area contributed by atoms with E-state index in [1.165, 1.54) is 6.08 Å². The number of carbonyl (C=O) groups excluding carboxylic acids is 1. The summed E-state index contributed by atoms with van der Waals surface area (Å²) < 4.78 is 11.5. The van der Waals surface area contributed by atoms with Crippen molar-refractivity contribution in [3.8, 4) is 33.9 Å². The molecule has 0 saturated carbocycles. The third-order valence-electron chi connectivity index (χ3n) is 5.20. The molecule has 1 N–H and O–H groups in total. The summed E-state index contributed by atoms with van der Waals surface area (Å²) in [7, 11) is 3.36. The summed E-state index contributed by atoms with van der Waals surface area (Å²) in [6, 6.07) is 13.7. The second-order valence-corrected chi connectivity index (χ2v) is 7.19. The number of benzene rings is 1. The molecule has 1 aromatic carbocycles. The predicted octanol–water partition coefficient (Wildman–Crippen LogP) is 4.32. The van der Waals surface area contributed by atoms with E-state index >= 15 is 0 Å². The molecular weight excluding hydrogens is 404 g/mol. The van der Waals surface area contributed by atoms with Crippen molar-refractivity contribution in [2.75, 3.05) is 27.3 Å². The van der Waals surface area contributed by atoms with Crippen molar-refractivity contribution in [1.82, 2.24) is 19.9 Å². The fraction of sp³-hybridized carbons (Fsp3) is 0.160. The smallest absolute Gasteiger partial charge is 0.245 e. The molecule has 0 aliphatic heterocycles. The van der Waals surface area contributed by atoms with Crippen LogP contribution in [0.15, 0.2) is 73.7 Å². The molecule has 7 heteroatoms. The number of fused-ring (bicyclic) bond motifs is 1. The fourth-order valence-corrected chi connectivity index (χ4v) is 3.54. The van der Waals surface area contributed by atoms with E-state index < -0.39 is 0 Å².